The molecule has 26 heavy (non-hydrogen) atoms. The van der Waals surface area contributed by atoms with E-state index in [1.165, 1.54) is 18.6 Å². The second kappa shape index (κ2) is 8.35. The van der Waals surface area contributed by atoms with Gasteiger partial charge in [0.05, 0.1) is 5.69 Å². The molecule has 1 aliphatic rings. The Labute approximate surface area is 156 Å². The molecule has 0 atom stereocenters. The molecule has 3 rings (SSSR count). The van der Waals surface area contributed by atoms with Gasteiger partial charge in [0.15, 0.2) is 0 Å². The summed E-state index contributed by atoms with van der Waals surface area (Å²) >= 11 is 6.08. The fourth-order valence-corrected chi connectivity index (χ4v) is 3.33. The number of halogens is 1. The lowest BCUT2D eigenvalue weighted by molar-refractivity contribution is 0.252. The number of aromatic nitrogens is 1. The van der Waals surface area contributed by atoms with Crippen LogP contribution in [0.15, 0.2) is 42.6 Å². The van der Waals surface area contributed by atoms with Gasteiger partial charge in [0.2, 0.25) is 0 Å². The molecule has 1 aromatic carbocycles. The summed E-state index contributed by atoms with van der Waals surface area (Å²) < 4.78 is 0. The largest absolute Gasteiger partial charge is 0.733 e. The second-order valence-corrected chi connectivity index (χ2v) is 6.68. The summed E-state index contributed by atoms with van der Waals surface area (Å²) in [7, 11) is 0. The molecule has 1 saturated carbocycles. The second-order valence-electron chi connectivity index (χ2n) is 6.24. The first-order valence-corrected chi connectivity index (χ1v) is 8.90. The van der Waals surface area contributed by atoms with E-state index in [4.69, 9.17) is 16.8 Å². The van der Waals surface area contributed by atoms with Crippen LogP contribution in [0.3, 0.4) is 0 Å². The third kappa shape index (κ3) is 4.43. The van der Waals surface area contributed by atoms with Crippen molar-refractivity contribution in [1.82, 2.24) is 4.98 Å². The third-order valence-corrected chi connectivity index (χ3v) is 4.69. The highest BCUT2D eigenvalue weighted by Crippen LogP contribution is 2.28. The summed E-state index contributed by atoms with van der Waals surface area (Å²) in [5, 5.41) is 22.9. The predicted molar refractivity (Wildman–Crippen MR) is 102 cm³/mol. The Balaban J connectivity index is 1.82. The molecule has 2 amide bonds. The van der Waals surface area contributed by atoms with Crippen molar-refractivity contribution < 1.29 is 10.0 Å². The Morgan fingerprint density at radius 1 is 1.19 bits per heavy atom. The number of anilines is 3. The topological polar surface area (TPSA) is 91.8 Å². The number of hydrogen-bond donors (Lipinski definition) is 2. The normalized spacial score (nSPS) is 14.7. The number of carbonyl (C=O) groups is 1. The summed E-state index contributed by atoms with van der Waals surface area (Å²) in [5.41, 5.74) is 0.604. The SMILES string of the molecule is O=C(Nc1ccc(N([O-])O)cc1)N(c1cc(Cl)ccn1)C1CCCCC1. The van der Waals surface area contributed by atoms with Gasteiger partial charge in [-0.15, -0.1) is 0 Å². The van der Waals surface area contributed by atoms with Gasteiger partial charge in [0, 0.05) is 22.9 Å². The summed E-state index contributed by atoms with van der Waals surface area (Å²) in [6, 6.07) is 9.06. The number of pyridine rings is 1. The van der Waals surface area contributed by atoms with Crippen molar-refractivity contribution in [2.24, 2.45) is 0 Å². The van der Waals surface area contributed by atoms with Crippen LogP contribution in [0.25, 0.3) is 0 Å². The van der Waals surface area contributed by atoms with Crippen LogP contribution in [-0.2, 0) is 0 Å². The van der Waals surface area contributed by atoms with Gasteiger partial charge in [-0.3, -0.25) is 10.1 Å². The van der Waals surface area contributed by atoms with Crippen LogP contribution in [0.1, 0.15) is 32.1 Å². The van der Waals surface area contributed by atoms with Crippen LogP contribution in [0.4, 0.5) is 22.0 Å². The lowest BCUT2D eigenvalue weighted by Gasteiger charge is -2.33. The van der Waals surface area contributed by atoms with Crippen LogP contribution >= 0.6 is 11.6 Å². The molecule has 0 radical (unpaired) electrons. The van der Waals surface area contributed by atoms with Crippen LogP contribution in [0, 0.1) is 5.21 Å². The molecule has 0 spiro atoms. The Hall–Kier alpha value is -2.35. The smallest absolute Gasteiger partial charge is 0.327 e. The summed E-state index contributed by atoms with van der Waals surface area (Å²) in [6.07, 6.45) is 6.72. The van der Waals surface area contributed by atoms with E-state index in [0.717, 1.165) is 25.7 Å². The molecule has 0 saturated heterocycles. The Morgan fingerprint density at radius 2 is 1.88 bits per heavy atom. The molecule has 7 nitrogen and oxygen atoms in total. The van der Waals surface area contributed by atoms with Crippen molar-refractivity contribution in [3.63, 3.8) is 0 Å². The Kier molecular flexibility index (Phi) is 5.92. The number of benzene rings is 1. The molecule has 1 aromatic heterocycles. The van der Waals surface area contributed by atoms with Gasteiger partial charge in [0.1, 0.15) is 5.82 Å². The number of nitrogens with zero attached hydrogens (tertiary/aromatic N) is 3. The third-order valence-electron chi connectivity index (χ3n) is 4.45. The molecule has 0 unspecified atom stereocenters. The first-order valence-electron chi connectivity index (χ1n) is 8.52. The quantitative estimate of drug-likeness (QED) is 0.749. The van der Waals surface area contributed by atoms with Gasteiger partial charge in [-0.05, 0) is 49.2 Å². The minimum absolute atomic E-state index is 0.0589. The van der Waals surface area contributed by atoms with Crippen molar-refractivity contribution in [2.45, 2.75) is 38.1 Å². The summed E-state index contributed by atoms with van der Waals surface area (Å²) in [6.45, 7) is 0. The minimum atomic E-state index is -0.303. The van der Waals surface area contributed by atoms with Gasteiger partial charge in [-0.25, -0.2) is 9.78 Å². The maximum absolute atomic E-state index is 13.0. The maximum atomic E-state index is 13.0. The molecule has 1 heterocycles. The fourth-order valence-electron chi connectivity index (χ4n) is 3.18. The van der Waals surface area contributed by atoms with Crippen molar-refractivity contribution in [2.75, 3.05) is 15.4 Å². The van der Waals surface area contributed by atoms with Gasteiger partial charge < -0.3 is 15.8 Å². The van der Waals surface area contributed by atoms with Crippen LogP contribution < -0.4 is 15.4 Å². The lowest BCUT2D eigenvalue weighted by atomic mass is 9.94. The average Bonchev–Trinajstić information content (AvgIpc) is 2.63. The molecule has 2 N–H and O–H groups in total. The highest BCUT2D eigenvalue weighted by atomic mass is 35.5. The van der Waals surface area contributed by atoms with E-state index in [9.17, 15) is 10.0 Å². The molecule has 8 heteroatoms. The highest BCUT2D eigenvalue weighted by Gasteiger charge is 2.28. The first-order chi connectivity index (χ1) is 12.5. The number of amides is 2. The number of urea groups is 1. The maximum Gasteiger partial charge on any atom is 0.327 e. The number of carbonyl (C=O) groups excluding carboxylic acids is 1. The molecular formula is C18H20ClN4O3-. The average molecular weight is 376 g/mol. The molecule has 138 valence electrons. The van der Waals surface area contributed by atoms with Crippen molar-refractivity contribution in [3.05, 3.63) is 52.8 Å². The standard InChI is InChI=1S/C18H20ClN4O3/c19-13-10-11-20-17(12-13)22(15-4-2-1-3-5-15)18(24)21-14-6-8-16(9-7-14)23(25)26/h6-12,15,25H,1-5H2,(H,21,24)/q-1. The first kappa shape index (κ1) is 18.4. The van der Waals surface area contributed by atoms with Crippen molar-refractivity contribution >= 4 is 34.8 Å². The van der Waals surface area contributed by atoms with Gasteiger partial charge in [-0.2, -0.15) is 0 Å². The van der Waals surface area contributed by atoms with E-state index in [-0.39, 0.29) is 23.0 Å². The van der Waals surface area contributed by atoms with Gasteiger partial charge in [0.25, 0.3) is 0 Å². The van der Waals surface area contributed by atoms with Crippen molar-refractivity contribution in [1.29, 1.82) is 0 Å². The lowest BCUT2D eigenvalue weighted by Crippen LogP contribution is -2.44. The zero-order chi connectivity index (χ0) is 18.5. The van der Waals surface area contributed by atoms with E-state index < -0.39 is 0 Å². The Morgan fingerprint density at radius 3 is 2.50 bits per heavy atom. The van der Waals surface area contributed by atoms with E-state index >= 15 is 0 Å². The van der Waals surface area contributed by atoms with E-state index in [2.05, 4.69) is 10.3 Å². The zero-order valence-corrected chi connectivity index (χ0v) is 14.9. The fraction of sp³-hybridized carbons (Fsp3) is 0.333. The Bertz CT molecular complexity index is 748. The highest BCUT2D eigenvalue weighted by molar-refractivity contribution is 6.30. The van der Waals surface area contributed by atoms with Crippen LogP contribution in [0.2, 0.25) is 5.02 Å². The number of rotatable bonds is 4. The van der Waals surface area contributed by atoms with Gasteiger partial charge in [-0.1, -0.05) is 30.9 Å². The van der Waals surface area contributed by atoms with Gasteiger partial charge >= 0.3 is 6.03 Å². The van der Waals surface area contributed by atoms with Crippen LogP contribution in [0.5, 0.6) is 0 Å². The minimum Gasteiger partial charge on any atom is -0.733 e. The monoisotopic (exact) mass is 375 g/mol. The predicted octanol–water partition coefficient (Wildman–Crippen LogP) is 4.80. The van der Waals surface area contributed by atoms with E-state index in [0.29, 0.717) is 16.5 Å². The molecular weight excluding hydrogens is 356 g/mol. The molecule has 1 aliphatic carbocycles. The van der Waals surface area contributed by atoms with E-state index in [1.54, 1.807) is 35.4 Å². The molecule has 1 fully saturated rings. The number of nitrogens with one attached hydrogen (secondary N) is 1. The summed E-state index contributed by atoms with van der Waals surface area (Å²) in [5.74, 6) is 0.514. The van der Waals surface area contributed by atoms with Crippen molar-refractivity contribution in [3.8, 4) is 0 Å². The van der Waals surface area contributed by atoms with Crippen LogP contribution in [-0.4, -0.2) is 22.3 Å². The number of hydrogen-bond acceptors (Lipinski definition) is 5. The summed E-state index contributed by atoms with van der Waals surface area (Å²) in [4.78, 5) is 18.9. The molecule has 0 bridgehead atoms. The molecule has 0 aliphatic heterocycles. The van der Waals surface area contributed by atoms with E-state index in [1.807, 2.05) is 0 Å². The zero-order valence-electron chi connectivity index (χ0n) is 14.1. The molecule has 2 aromatic rings.